The predicted molar refractivity (Wildman–Crippen MR) is 122 cm³/mol. The quantitative estimate of drug-likeness (QED) is 0.289. The van der Waals surface area contributed by atoms with E-state index in [0.29, 0.717) is 39.7 Å². The molecule has 0 atom stereocenters. The van der Waals surface area contributed by atoms with Crippen molar-refractivity contribution in [1.29, 1.82) is 0 Å². The van der Waals surface area contributed by atoms with Crippen LogP contribution in [0, 0.1) is 12.7 Å². The van der Waals surface area contributed by atoms with Gasteiger partial charge >= 0.3 is 5.97 Å². The lowest BCUT2D eigenvalue weighted by Gasteiger charge is -2.14. The van der Waals surface area contributed by atoms with Crippen LogP contribution in [0.25, 0.3) is 6.08 Å². The van der Waals surface area contributed by atoms with E-state index >= 15 is 0 Å². The van der Waals surface area contributed by atoms with Gasteiger partial charge in [0.1, 0.15) is 17.3 Å². The molecule has 0 aliphatic carbocycles. The number of esters is 1. The highest BCUT2D eigenvalue weighted by molar-refractivity contribution is 6.15. The fourth-order valence-electron chi connectivity index (χ4n) is 3.55. The van der Waals surface area contributed by atoms with E-state index in [1.165, 1.54) is 63.8 Å². The van der Waals surface area contributed by atoms with Crippen LogP contribution in [0.3, 0.4) is 0 Å². The van der Waals surface area contributed by atoms with E-state index < -0.39 is 5.97 Å². The zero-order valence-electron chi connectivity index (χ0n) is 18.9. The first-order chi connectivity index (χ1) is 16.4. The lowest BCUT2D eigenvalue weighted by molar-refractivity contribution is 0.0732. The SMILES string of the molecule is COc1cc(C(=O)Oc2ccc3c(c2C)O/C(=C\c2ccc(F)cc2)C3=O)cc(OC)c1OC. The summed E-state index contributed by atoms with van der Waals surface area (Å²) < 4.78 is 40.4. The van der Waals surface area contributed by atoms with Crippen LogP contribution in [0.1, 0.15) is 31.8 Å². The first-order valence-electron chi connectivity index (χ1n) is 10.2. The maximum Gasteiger partial charge on any atom is 0.343 e. The average Bonchev–Trinajstić information content (AvgIpc) is 3.16. The van der Waals surface area contributed by atoms with Crippen molar-refractivity contribution in [1.82, 2.24) is 0 Å². The van der Waals surface area contributed by atoms with Gasteiger partial charge in [-0.2, -0.15) is 0 Å². The van der Waals surface area contributed by atoms with Crippen molar-refractivity contribution < 1.29 is 37.7 Å². The van der Waals surface area contributed by atoms with Crippen molar-refractivity contribution in [3.8, 4) is 28.7 Å². The number of ketones is 1. The van der Waals surface area contributed by atoms with Crippen molar-refractivity contribution >= 4 is 17.8 Å². The standard InChI is InChI=1S/C26H21FO7/c1-14-19(34-26(29)16-12-21(30-2)25(32-4)22(13-16)31-3)10-9-18-23(28)20(33-24(14)18)11-15-5-7-17(27)8-6-15/h5-13H,1-4H3/b20-11-. The van der Waals surface area contributed by atoms with Crippen molar-refractivity contribution in [2.75, 3.05) is 21.3 Å². The number of carbonyl (C=O) groups excluding carboxylic acids is 2. The maximum atomic E-state index is 13.2. The van der Waals surface area contributed by atoms with Gasteiger partial charge in [0.25, 0.3) is 0 Å². The zero-order valence-corrected chi connectivity index (χ0v) is 18.9. The van der Waals surface area contributed by atoms with Crippen LogP contribution in [0.5, 0.6) is 28.7 Å². The highest BCUT2D eigenvalue weighted by atomic mass is 19.1. The molecule has 8 heteroatoms. The molecule has 1 aliphatic rings. The van der Waals surface area contributed by atoms with E-state index in [-0.39, 0.29) is 28.7 Å². The third kappa shape index (κ3) is 4.17. The second-order valence-electron chi connectivity index (χ2n) is 7.36. The third-order valence-corrected chi connectivity index (χ3v) is 5.31. The number of carbonyl (C=O) groups is 2. The van der Waals surface area contributed by atoms with E-state index in [1.54, 1.807) is 19.1 Å². The molecule has 1 aliphatic heterocycles. The van der Waals surface area contributed by atoms with Gasteiger partial charge in [-0.3, -0.25) is 4.79 Å². The second-order valence-corrected chi connectivity index (χ2v) is 7.36. The van der Waals surface area contributed by atoms with Crippen LogP contribution < -0.4 is 23.7 Å². The molecule has 0 unspecified atom stereocenters. The molecule has 1 heterocycles. The molecule has 0 saturated carbocycles. The number of hydrogen-bond donors (Lipinski definition) is 0. The number of allylic oxidation sites excluding steroid dienone is 1. The summed E-state index contributed by atoms with van der Waals surface area (Å²) in [6.45, 7) is 1.69. The Hall–Kier alpha value is -4.33. The van der Waals surface area contributed by atoms with Gasteiger partial charge in [-0.25, -0.2) is 9.18 Å². The summed E-state index contributed by atoms with van der Waals surface area (Å²) in [6, 6.07) is 11.7. The van der Waals surface area contributed by atoms with Gasteiger partial charge in [0, 0.05) is 5.56 Å². The van der Waals surface area contributed by atoms with Crippen LogP contribution in [0.15, 0.2) is 54.3 Å². The number of ether oxygens (including phenoxy) is 5. The van der Waals surface area contributed by atoms with Crippen LogP contribution in [-0.2, 0) is 0 Å². The molecule has 0 bridgehead atoms. The summed E-state index contributed by atoms with van der Waals surface area (Å²) in [4.78, 5) is 25.6. The Bertz CT molecular complexity index is 1280. The topological polar surface area (TPSA) is 80.3 Å². The number of halogens is 1. The highest BCUT2D eigenvalue weighted by Crippen LogP contribution is 2.41. The normalized spacial score (nSPS) is 13.3. The minimum Gasteiger partial charge on any atom is -0.493 e. The minimum absolute atomic E-state index is 0.0952. The molecule has 7 nitrogen and oxygen atoms in total. The number of fused-ring (bicyclic) bond motifs is 1. The van der Waals surface area contributed by atoms with Crippen LogP contribution >= 0.6 is 0 Å². The molecule has 174 valence electrons. The van der Waals surface area contributed by atoms with Gasteiger partial charge in [-0.1, -0.05) is 12.1 Å². The smallest absolute Gasteiger partial charge is 0.343 e. The Balaban J connectivity index is 1.61. The molecule has 0 spiro atoms. The van der Waals surface area contributed by atoms with Gasteiger partial charge in [0.05, 0.1) is 32.5 Å². The molecular weight excluding hydrogens is 443 g/mol. The van der Waals surface area contributed by atoms with Crippen molar-refractivity contribution in [3.05, 3.63) is 82.4 Å². The van der Waals surface area contributed by atoms with Gasteiger partial charge in [-0.15, -0.1) is 0 Å². The largest absolute Gasteiger partial charge is 0.493 e. The molecule has 3 aromatic rings. The zero-order chi connectivity index (χ0) is 24.4. The first-order valence-corrected chi connectivity index (χ1v) is 10.2. The van der Waals surface area contributed by atoms with Crippen LogP contribution in [-0.4, -0.2) is 33.1 Å². The molecule has 0 amide bonds. The van der Waals surface area contributed by atoms with E-state index in [0.717, 1.165) is 0 Å². The molecule has 0 saturated heterocycles. The van der Waals surface area contributed by atoms with Crippen molar-refractivity contribution in [3.63, 3.8) is 0 Å². The van der Waals surface area contributed by atoms with Gasteiger partial charge in [0.2, 0.25) is 11.5 Å². The van der Waals surface area contributed by atoms with Crippen LogP contribution in [0.4, 0.5) is 4.39 Å². The van der Waals surface area contributed by atoms with Crippen LogP contribution in [0.2, 0.25) is 0 Å². The molecular formula is C26H21FO7. The number of rotatable bonds is 6. The third-order valence-electron chi connectivity index (χ3n) is 5.31. The highest BCUT2D eigenvalue weighted by Gasteiger charge is 2.31. The Morgan fingerprint density at radius 1 is 0.912 bits per heavy atom. The van der Waals surface area contributed by atoms with E-state index in [4.69, 9.17) is 23.7 Å². The van der Waals surface area contributed by atoms with Crippen molar-refractivity contribution in [2.24, 2.45) is 0 Å². The summed E-state index contributed by atoms with van der Waals surface area (Å²) >= 11 is 0. The maximum absolute atomic E-state index is 13.2. The number of Topliss-reactive ketones (excluding diaryl/α,β-unsaturated/α-hetero) is 1. The lowest BCUT2D eigenvalue weighted by atomic mass is 10.1. The summed E-state index contributed by atoms with van der Waals surface area (Å²) in [7, 11) is 4.36. The Kier molecular flexibility index (Phi) is 6.23. The van der Waals surface area contributed by atoms with Gasteiger partial charge in [0.15, 0.2) is 17.3 Å². The monoisotopic (exact) mass is 464 g/mol. The number of benzene rings is 3. The molecule has 0 N–H and O–H groups in total. The summed E-state index contributed by atoms with van der Waals surface area (Å²) in [5.41, 5.74) is 1.63. The van der Waals surface area contributed by atoms with Crippen molar-refractivity contribution in [2.45, 2.75) is 6.92 Å². The first kappa shape index (κ1) is 22.8. The Morgan fingerprint density at radius 2 is 1.56 bits per heavy atom. The fourth-order valence-corrected chi connectivity index (χ4v) is 3.55. The van der Waals surface area contributed by atoms with E-state index in [2.05, 4.69) is 0 Å². The Labute approximate surface area is 195 Å². The summed E-state index contributed by atoms with van der Waals surface area (Å²) in [5, 5.41) is 0. The minimum atomic E-state index is -0.659. The predicted octanol–water partition coefficient (Wildman–Crippen LogP) is 5.00. The number of hydrogen-bond acceptors (Lipinski definition) is 7. The molecule has 0 radical (unpaired) electrons. The second kappa shape index (κ2) is 9.27. The summed E-state index contributed by atoms with van der Waals surface area (Å²) in [6.07, 6.45) is 1.53. The molecule has 3 aromatic carbocycles. The van der Waals surface area contributed by atoms with Gasteiger partial charge in [-0.05, 0) is 55.0 Å². The van der Waals surface area contributed by atoms with Gasteiger partial charge < -0.3 is 23.7 Å². The fraction of sp³-hybridized carbons (Fsp3) is 0.154. The molecule has 34 heavy (non-hydrogen) atoms. The molecule has 4 rings (SSSR count). The van der Waals surface area contributed by atoms with E-state index in [9.17, 15) is 14.0 Å². The Morgan fingerprint density at radius 3 is 2.15 bits per heavy atom. The van der Waals surface area contributed by atoms with E-state index in [1.807, 2.05) is 0 Å². The molecule has 0 fully saturated rings. The lowest BCUT2D eigenvalue weighted by Crippen LogP contribution is -2.10. The average molecular weight is 464 g/mol. The molecule has 0 aromatic heterocycles. The summed E-state index contributed by atoms with van der Waals surface area (Å²) in [5.74, 6) is 0.243. The number of methoxy groups -OCH3 is 3.